The second-order valence-electron chi connectivity index (χ2n) is 18.2. The number of fused-ring (bicyclic) bond motifs is 7. The molecule has 0 saturated heterocycles. The highest BCUT2D eigenvalue weighted by Crippen LogP contribution is 2.63. The van der Waals surface area contributed by atoms with Crippen LogP contribution in [0, 0.1) is 34.0 Å². The van der Waals surface area contributed by atoms with Crippen molar-refractivity contribution < 1.29 is 9.47 Å². The third-order valence-corrected chi connectivity index (χ3v) is 18.0. The molecular formula is C57H54N4O2S4. The largest absolute Gasteiger partial charge is 0.480 e. The van der Waals surface area contributed by atoms with E-state index in [2.05, 4.69) is 124 Å². The van der Waals surface area contributed by atoms with E-state index in [4.69, 9.17) is 9.47 Å². The van der Waals surface area contributed by atoms with Gasteiger partial charge in [0.05, 0.1) is 23.9 Å². The Kier molecular flexibility index (Phi) is 13.3. The Morgan fingerprint density at radius 1 is 0.657 bits per heavy atom. The Balaban J connectivity index is 1.21. The fourth-order valence-corrected chi connectivity index (χ4v) is 14.7. The van der Waals surface area contributed by atoms with Crippen LogP contribution in [0.15, 0.2) is 113 Å². The standard InChI is InChI=1S/C57H54N4O2S4/c1-7-9-11-13-15-36-17-23-40(24-18-36)57(41-25-19-37(20-26-41)16-14-12-10-8-2)49-52-48(32-46(65-52)38-21-27-42(28-22-38)61(5)6)66-54(49)55-51(63-57)53-47(67-55)31-43(64-53)29-30-45-44(35-60)50(39(33-58)34-59)62-56(45,3)4/h17-32H,7-16H2,1-6H3/b30-29+. The third kappa shape index (κ3) is 8.65. The molecule has 7 aromatic rings. The van der Waals surface area contributed by atoms with Crippen molar-refractivity contribution in [1.82, 2.24) is 0 Å². The number of ether oxygens (including phenoxy) is 2. The quantitative estimate of drug-likeness (QED) is 0.0708. The van der Waals surface area contributed by atoms with Crippen LogP contribution in [-0.4, -0.2) is 19.7 Å². The third-order valence-electron chi connectivity index (χ3n) is 13.0. The first-order valence-electron chi connectivity index (χ1n) is 23.4. The van der Waals surface area contributed by atoms with E-state index in [-0.39, 0.29) is 16.9 Å². The average Bonchev–Trinajstić information content (AvgIpc) is 4.14. The van der Waals surface area contributed by atoms with Crippen LogP contribution in [0.5, 0.6) is 5.75 Å². The summed E-state index contributed by atoms with van der Waals surface area (Å²) in [5.41, 5.74) is 7.33. The van der Waals surface area contributed by atoms with Crippen molar-refractivity contribution in [3.63, 3.8) is 0 Å². The minimum Gasteiger partial charge on any atom is -0.480 e. The number of rotatable bonds is 16. The first-order chi connectivity index (χ1) is 32.5. The number of aryl methyl sites for hydroxylation is 2. The van der Waals surface area contributed by atoms with Crippen LogP contribution in [0.4, 0.5) is 5.69 Å². The summed E-state index contributed by atoms with van der Waals surface area (Å²) < 4.78 is 18.7. The summed E-state index contributed by atoms with van der Waals surface area (Å²) in [7, 11) is 4.16. The number of anilines is 1. The first-order valence-corrected chi connectivity index (χ1v) is 26.7. The Morgan fingerprint density at radius 3 is 1.82 bits per heavy atom. The number of hydrogen-bond acceptors (Lipinski definition) is 10. The molecule has 0 N–H and O–H groups in total. The van der Waals surface area contributed by atoms with Gasteiger partial charge >= 0.3 is 0 Å². The predicted molar refractivity (Wildman–Crippen MR) is 282 cm³/mol. The lowest BCUT2D eigenvalue weighted by Crippen LogP contribution is -2.38. The fraction of sp³-hybridized carbons (Fsp3) is 0.316. The highest BCUT2D eigenvalue weighted by atomic mass is 32.1. The van der Waals surface area contributed by atoms with Crippen molar-refractivity contribution in [2.75, 3.05) is 19.0 Å². The van der Waals surface area contributed by atoms with Gasteiger partial charge in [0.1, 0.15) is 29.4 Å². The molecular weight excluding hydrogens is 901 g/mol. The Morgan fingerprint density at radius 2 is 1.25 bits per heavy atom. The Bertz CT molecular complexity index is 3110. The molecule has 0 saturated carbocycles. The van der Waals surface area contributed by atoms with E-state index in [1.807, 2.05) is 60.8 Å². The van der Waals surface area contributed by atoms with Gasteiger partial charge in [-0.1, -0.05) is 119 Å². The lowest BCUT2D eigenvalue weighted by molar-refractivity contribution is 0.0954. The van der Waals surface area contributed by atoms with Crippen LogP contribution in [0.1, 0.15) is 112 Å². The first kappa shape index (κ1) is 46.2. The van der Waals surface area contributed by atoms with Gasteiger partial charge in [0, 0.05) is 56.5 Å². The molecule has 0 aliphatic carbocycles. The maximum Gasteiger partial charge on any atom is 0.187 e. The normalized spacial score (nSPS) is 14.7. The molecule has 6 heterocycles. The molecule has 67 heavy (non-hydrogen) atoms. The van der Waals surface area contributed by atoms with Gasteiger partial charge in [-0.05, 0) is 86.6 Å². The molecule has 0 spiro atoms. The van der Waals surface area contributed by atoms with E-state index in [9.17, 15) is 15.8 Å². The molecule has 2 aliphatic heterocycles. The maximum absolute atomic E-state index is 10.2. The van der Waals surface area contributed by atoms with Crippen molar-refractivity contribution in [2.24, 2.45) is 0 Å². The van der Waals surface area contributed by atoms with Crippen LogP contribution in [0.3, 0.4) is 0 Å². The molecule has 338 valence electrons. The second-order valence-corrected chi connectivity index (χ2v) is 22.5. The lowest BCUT2D eigenvalue weighted by Gasteiger charge is -2.39. The second kappa shape index (κ2) is 19.4. The van der Waals surface area contributed by atoms with Gasteiger partial charge < -0.3 is 14.4 Å². The van der Waals surface area contributed by atoms with Gasteiger partial charge in [-0.2, -0.15) is 15.8 Å². The molecule has 2 aliphatic rings. The van der Waals surface area contributed by atoms with E-state index < -0.39 is 11.2 Å². The zero-order chi connectivity index (χ0) is 46.9. The maximum atomic E-state index is 10.2. The number of benzene rings is 3. The number of unbranched alkanes of at least 4 members (excludes halogenated alkanes) is 6. The number of nitriles is 3. The summed E-state index contributed by atoms with van der Waals surface area (Å²) in [4.78, 5) is 6.79. The van der Waals surface area contributed by atoms with E-state index in [0.717, 1.165) is 48.9 Å². The molecule has 0 unspecified atom stereocenters. The minimum absolute atomic E-state index is 0.0400. The van der Waals surface area contributed by atoms with E-state index in [1.54, 1.807) is 22.7 Å². The van der Waals surface area contributed by atoms with Crippen LogP contribution in [0.25, 0.3) is 45.1 Å². The summed E-state index contributed by atoms with van der Waals surface area (Å²) in [6.45, 7) is 8.23. The zero-order valence-corrected chi connectivity index (χ0v) is 42.3. The van der Waals surface area contributed by atoms with Crippen molar-refractivity contribution in [1.29, 1.82) is 15.8 Å². The Hall–Kier alpha value is -5.93. The minimum atomic E-state index is -0.938. The van der Waals surface area contributed by atoms with Gasteiger partial charge in [0.2, 0.25) is 0 Å². The van der Waals surface area contributed by atoms with Crippen molar-refractivity contribution in [2.45, 2.75) is 103 Å². The van der Waals surface area contributed by atoms with Crippen LogP contribution < -0.4 is 9.64 Å². The summed E-state index contributed by atoms with van der Waals surface area (Å²) in [5, 5.41) is 29.5. The van der Waals surface area contributed by atoms with Gasteiger partial charge in [-0.3, -0.25) is 0 Å². The van der Waals surface area contributed by atoms with Gasteiger partial charge in [0.25, 0.3) is 0 Å². The number of thiophene rings is 4. The SMILES string of the molecule is CCCCCCc1ccc(C2(c3ccc(CCCCCC)cc3)Oc3c(sc4cc(/C=C/C5=C(C#N)C(=C(C#N)C#N)OC5(C)C)sc34)-c3sc4cc(-c5ccc(N(C)C)cc5)sc4c32)cc1. The molecule has 3 aromatic carbocycles. The van der Waals surface area contributed by atoms with Gasteiger partial charge in [0.15, 0.2) is 22.7 Å². The van der Waals surface area contributed by atoms with Crippen molar-refractivity contribution >= 4 is 75.9 Å². The van der Waals surface area contributed by atoms with Crippen LogP contribution in [0.2, 0.25) is 0 Å². The summed E-state index contributed by atoms with van der Waals surface area (Å²) in [6.07, 6.45) is 15.8. The van der Waals surface area contributed by atoms with Crippen molar-refractivity contribution in [3.8, 4) is 44.2 Å². The number of nitrogens with zero attached hydrogens (tertiary/aromatic N) is 4. The van der Waals surface area contributed by atoms with E-state index in [1.165, 1.54) is 98.5 Å². The predicted octanol–water partition coefficient (Wildman–Crippen LogP) is 16.5. The zero-order valence-electron chi connectivity index (χ0n) is 39.0. The smallest absolute Gasteiger partial charge is 0.187 e. The van der Waals surface area contributed by atoms with E-state index >= 15 is 0 Å². The molecule has 0 fully saturated rings. The molecule has 6 nitrogen and oxygen atoms in total. The molecule has 10 heteroatoms. The van der Waals surface area contributed by atoms with E-state index in [0.29, 0.717) is 5.57 Å². The topological polar surface area (TPSA) is 93.1 Å². The van der Waals surface area contributed by atoms with Gasteiger partial charge in [-0.15, -0.1) is 45.3 Å². The van der Waals surface area contributed by atoms with Gasteiger partial charge in [-0.25, -0.2) is 0 Å². The Labute approximate surface area is 411 Å². The lowest BCUT2D eigenvalue weighted by atomic mass is 9.78. The molecule has 0 atom stereocenters. The molecule has 0 amide bonds. The average molecular weight is 955 g/mol. The van der Waals surface area contributed by atoms with Crippen molar-refractivity contribution in [3.05, 3.63) is 146 Å². The number of allylic oxidation sites excluding steroid dienone is 2. The highest BCUT2D eigenvalue weighted by Gasteiger charge is 2.49. The summed E-state index contributed by atoms with van der Waals surface area (Å²) in [6, 6.07) is 38.1. The monoisotopic (exact) mass is 954 g/mol. The fourth-order valence-electron chi connectivity index (χ4n) is 9.39. The molecule has 0 bridgehead atoms. The summed E-state index contributed by atoms with van der Waals surface area (Å²) in [5.74, 6) is 0.940. The van der Waals surface area contributed by atoms with Crippen LogP contribution in [-0.2, 0) is 23.2 Å². The summed E-state index contributed by atoms with van der Waals surface area (Å²) >= 11 is 7.19. The highest BCUT2D eigenvalue weighted by molar-refractivity contribution is 7.35. The molecule has 4 aromatic heterocycles. The van der Waals surface area contributed by atoms with Crippen LogP contribution >= 0.6 is 45.3 Å². The molecule has 0 radical (unpaired) electrons. The number of hydrogen-bond donors (Lipinski definition) is 0. The molecule has 9 rings (SSSR count).